The Morgan fingerprint density at radius 1 is 2.10 bits per heavy atom. The second kappa shape index (κ2) is 2.72. The van der Waals surface area contributed by atoms with Crippen LogP contribution in [-0.2, 0) is 0 Å². The fraction of sp³-hybridized carbons (Fsp3) is 0.250. The second-order valence-electron chi connectivity index (χ2n) is 1.36. The zero-order valence-corrected chi connectivity index (χ0v) is 5.55. The number of carbonyl (C=O) groups is 1. The molecular formula is C4H6N4OS. The van der Waals surface area contributed by atoms with Crippen LogP contribution in [0.1, 0.15) is 19.7 Å². The largest absolute Gasteiger partial charge is 0.295 e. The summed E-state index contributed by atoms with van der Waals surface area (Å²) in [6.07, 6.45) is 0. The van der Waals surface area contributed by atoms with Crippen LogP contribution in [-0.4, -0.2) is 15.3 Å². The van der Waals surface area contributed by atoms with Crippen LogP contribution in [0.2, 0.25) is 1.41 Å². The highest BCUT2D eigenvalue weighted by molar-refractivity contribution is 7.07. The van der Waals surface area contributed by atoms with Crippen molar-refractivity contribution in [2.24, 2.45) is 5.84 Å². The van der Waals surface area contributed by atoms with Crippen LogP contribution in [0.3, 0.4) is 0 Å². The minimum absolute atomic E-state index is 0.0732. The molecule has 5 nitrogen and oxygen atoms in total. The average Bonchev–Trinajstić information content (AvgIpc) is 2.49. The molecule has 0 bridgehead atoms. The molecule has 0 saturated carbocycles. The van der Waals surface area contributed by atoms with Gasteiger partial charge in [-0.25, -0.2) is 10.8 Å². The highest BCUT2D eigenvalue weighted by Crippen LogP contribution is 2.01. The van der Waals surface area contributed by atoms with Crippen molar-refractivity contribution in [2.75, 3.05) is 0 Å². The van der Waals surface area contributed by atoms with Crippen molar-refractivity contribution in [3.8, 4) is 0 Å². The van der Waals surface area contributed by atoms with Crippen LogP contribution in [0.5, 0.6) is 0 Å². The Bertz CT molecular complexity index is 347. The topological polar surface area (TPSA) is 80.9 Å². The van der Waals surface area contributed by atoms with Gasteiger partial charge in [0.25, 0.3) is 5.91 Å². The number of carbonyl (C=O) groups excluding carboxylic acids is 1. The Morgan fingerprint density at radius 3 is 3.40 bits per heavy atom. The number of nitrogens with two attached hydrogens (primary N) is 1. The van der Waals surface area contributed by atoms with Gasteiger partial charge in [-0.2, -0.15) is 4.37 Å². The Morgan fingerprint density at radius 2 is 2.90 bits per heavy atom. The molecule has 6 heteroatoms. The second-order valence-corrected chi connectivity index (χ2v) is 2.11. The molecule has 0 aromatic carbocycles. The average molecular weight is 162 g/mol. The van der Waals surface area contributed by atoms with Crippen molar-refractivity contribution in [3.05, 3.63) is 10.8 Å². The summed E-state index contributed by atoms with van der Waals surface area (Å²) in [6.45, 7) is -2.45. The van der Waals surface area contributed by atoms with E-state index in [2.05, 4.69) is 9.36 Å². The van der Waals surface area contributed by atoms with Crippen molar-refractivity contribution in [3.63, 3.8) is 0 Å². The van der Waals surface area contributed by atoms with Gasteiger partial charge in [0.1, 0.15) is 5.82 Å². The zero-order valence-electron chi connectivity index (χ0n) is 8.74. The van der Waals surface area contributed by atoms with Gasteiger partial charge in [-0.1, -0.05) is 0 Å². The molecule has 0 radical (unpaired) electrons. The standard InChI is InChI=1S/C4H6N4OS/c1-2-6-4(10-8-2)3(9)7-5/h5H2,1H3,(H,7,9)/i1D3/hD. The van der Waals surface area contributed by atoms with Gasteiger partial charge in [-0.15, -0.1) is 0 Å². The lowest BCUT2D eigenvalue weighted by atomic mass is 10.6. The van der Waals surface area contributed by atoms with E-state index in [0.29, 0.717) is 11.5 Å². The summed E-state index contributed by atoms with van der Waals surface area (Å²) in [5, 5.41) is -0.214. The van der Waals surface area contributed by atoms with Crippen molar-refractivity contribution in [2.45, 2.75) is 6.85 Å². The van der Waals surface area contributed by atoms with E-state index in [4.69, 9.17) is 11.4 Å². The van der Waals surface area contributed by atoms with E-state index in [1.807, 2.05) is 0 Å². The number of nitrogen functional groups attached to an aromatic ring is 1. The number of hydrazine groups is 1. The van der Waals surface area contributed by atoms with E-state index in [1.165, 1.54) is 0 Å². The lowest BCUT2D eigenvalue weighted by Crippen LogP contribution is -2.29. The molecule has 0 aliphatic heterocycles. The Labute approximate surface area is 67.1 Å². The number of aryl methyl sites for hydroxylation is 1. The number of nitrogens with one attached hydrogen (secondary N) is 1. The quantitative estimate of drug-likeness (QED) is 0.330. The first-order chi connectivity index (χ1) is 6.32. The molecular weight excluding hydrogens is 152 g/mol. The molecule has 0 atom stereocenters. The van der Waals surface area contributed by atoms with Crippen LogP contribution in [0.15, 0.2) is 0 Å². The van der Waals surface area contributed by atoms with Crippen molar-refractivity contribution in [1.82, 2.24) is 14.8 Å². The Balaban J connectivity index is 2.95. The first-order valence-corrected chi connectivity index (χ1v) is 3.02. The summed E-state index contributed by atoms with van der Waals surface area (Å²) < 4.78 is 31.1. The van der Waals surface area contributed by atoms with E-state index in [9.17, 15) is 4.79 Å². The van der Waals surface area contributed by atoms with Gasteiger partial charge in [-0.05, 0) is 18.4 Å². The number of hydrogen-bond acceptors (Lipinski definition) is 5. The van der Waals surface area contributed by atoms with Gasteiger partial charge >= 0.3 is 0 Å². The molecule has 1 heterocycles. The van der Waals surface area contributed by atoms with E-state index in [0.717, 1.165) is 0 Å². The maximum atomic E-state index is 11.0. The lowest BCUT2D eigenvalue weighted by molar-refractivity contribution is 0.0953. The highest BCUT2D eigenvalue weighted by atomic mass is 32.1. The van der Waals surface area contributed by atoms with E-state index in [1.54, 1.807) is 0 Å². The number of rotatable bonds is 1. The maximum Gasteiger partial charge on any atom is 0.295 e. The summed E-state index contributed by atoms with van der Waals surface area (Å²) in [4.78, 5) is 14.5. The van der Waals surface area contributed by atoms with Crippen LogP contribution >= 0.6 is 11.5 Å². The first-order valence-electron chi connectivity index (χ1n) is 4.19. The minimum Gasteiger partial charge on any atom is -0.288 e. The van der Waals surface area contributed by atoms with Crippen LogP contribution in [0.25, 0.3) is 0 Å². The van der Waals surface area contributed by atoms with E-state index >= 15 is 0 Å². The first kappa shape index (κ1) is 3.40. The normalized spacial score (nSPS) is 16.5. The maximum absolute atomic E-state index is 11.0. The molecule has 0 saturated heterocycles. The molecule has 0 aliphatic rings. The summed E-state index contributed by atoms with van der Waals surface area (Å²) in [5.41, 5.74) is 0.0732. The summed E-state index contributed by atoms with van der Waals surface area (Å²) in [5.74, 6) is 3.53. The molecule has 1 amide bonds. The third-order valence-electron chi connectivity index (χ3n) is 0.726. The molecule has 0 aliphatic carbocycles. The van der Waals surface area contributed by atoms with Crippen LogP contribution in [0, 0.1) is 6.85 Å². The number of amides is 1. The predicted molar refractivity (Wildman–Crippen MR) is 36.3 cm³/mol. The zero-order chi connectivity index (χ0) is 10.9. The SMILES string of the molecule is [2H]N(N)C(=O)c1nc(C([2H])([2H])[2H])ns1. The van der Waals surface area contributed by atoms with Gasteiger partial charge in [0.05, 0.1) is 0 Å². The molecule has 1 rings (SSSR count). The smallest absolute Gasteiger partial charge is 0.288 e. The molecule has 54 valence electrons. The Kier molecular flexibility index (Phi) is 0.924. The fourth-order valence-corrected chi connectivity index (χ4v) is 0.837. The van der Waals surface area contributed by atoms with Crippen LogP contribution < -0.4 is 11.3 Å². The fourth-order valence-electron chi connectivity index (χ4n) is 0.366. The minimum atomic E-state index is -2.45. The third-order valence-corrected chi connectivity index (χ3v) is 1.43. The van der Waals surface area contributed by atoms with Gasteiger partial charge in [0.15, 0.2) is 1.41 Å². The van der Waals surface area contributed by atoms with Gasteiger partial charge in [0.2, 0.25) is 5.01 Å². The molecule has 1 aromatic rings. The third kappa shape index (κ3) is 1.28. The Hall–Kier alpha value is -1.01. The van der Waals surface area contributed by atoms with Crippen molar-refractivity contribution in [1.29, 1.82) is 0 Å². The summed E-state index contributed by atoms with van der Waals surface area (Å²) in [7, 11) is 0. The highest BCUT2D eigenvalue weighted by Gasteiger charge is 2.07. The monoisotopic (exact) mass is 162 g/mol. The molecule has 10 heavy (non-hydrogen) atoms. The van der Waals surface area contributed by atoms with Crippen molar-refractivity contribution >= 4 is 17.4 Å². The van der Waals surface area contributed by atoms with Gasteiger partial charge in [-0.3, -0.25) is 10.2 Å². The van der Waals surface area contributed by atoms with Gasteiger partial charge < -0.3 is 0 Å². The summed E-state index contributed by atoms with van der Waals surface area (Å²) >= 11 is 0.601. The molecule has 1 aromatic heterocycles. The predicted octanol–water partition coefficient (Wildman–Crippen LogP) is -0.550. The van der Waals surface area contributed by atoms with Crippen molar-refractivity contribution < 1.29 is 10.3 Å². The number of nitrogens with zero attached hydrogens (tertiary/aromatic N) is 2. The van der Waals surface area contributed by atoms with E-state index < -0.39 is 18.6 Å². The molecule has 0 spiro atoms. The van der Waals surface area contributed by atoms with Gasteiger partial charge in [0, 0.05) is 4.11 Å². The molecule has 3 N–H and O–H groups in total. The molecule has 0 unspecified atom stereocenters. The summed E-state index contributed by atoms with van der Waals surface area (Å²) in [6, 6.07) is 0. The number of hydrogen-bond donors (Lipinski definition) is 2. The lowest BCUT2D eigenvalue weighted by Gasteiger charge is -1.88. The number of aromatic nitrogens is 2. The van der Waals surface area contributed by atoms with Crippen LogP contribution in [0.4, 0.5) is 0 Å². The molecule has 0 fully saturated rings. The van der Waals surface area contributed by atoms with E-state index in [-0.39, 0.29) is 10.4 Å².